The fourth-order valence-corrected chi connectivity index (χ4v) is 4.91. The molecule has 1 aliphatic rings. The average Bonchev–Trinajstić information content (AvgIpc) is 3.32. The maximum atomic E-state index is 13.1. The largest absolute Gasteiger partial charge is 0.534 e. The quantitative estimate of drug-likeness (QED) is 0.512. The van der Waals surface area contributed by atoms with Crippen molar-refractivity contribution in [3.63, 3.8) is 0 Å². The van der Waals surface area contributed by atoms with Crippen molar-refractivity contribution < 1.29 is 28.6 Å². The predicted molar refractivity (Wildman–Crippen MR) is 123 cm³/mol. The molecule has 2 unspecified atom stereocenters. The van der Waals surface area contributed by atoms with E-state index in [0.29, 0.717) is 37.8 Å². The molecule has 0 spiro atoms. The molecule has 1 heterocycles. The van der Waals surface area contributed by atoms with Crippen molar-refractivity contribution in [3.8, 4) is 0 Å². The van der Waals surface area contributed by atoms with Crippen LogP contribution in [0, 0.1) is 0 Å². The number of aryl methyl sites for hydroxylation is 1. The summed E-state index contributed by atoms with van der Waals surface area (Å²) in [5, 5.41) is 12.1. The molecule has 0 saturated carbocycles. The highest BCUT2D eigenvalue weighted by Crippen LogP contribution is 2.34. The third kappa shape index (κ3) is 6.70. The molecule has 2 aromatic carbocycles. The van der Waals surface area contributed by atoms with Crippen molar-refractivity contribution in [1.29, 1.82) is 0 Å². The van der Waals surface area contributed by atoms with Gasteiger partial charge in [0.15, 0.2) is 6.10 Å². The van der Waals surface area contributed by atoms with Gasteiger partial charge in [-0.3, -0.25) is 9.59 Å². The van der Waals surface area contributed by atoms with E-state index in [1.165, 1.54) is 11.8 Å². The average molecular weight is 471 g/mol. The molecule has 1 saturated heterocycles. The molecule has 0 bridgehead atoms. The Labute approximate surface area is 193 Å². The van der Waals surface area contributed by atoms with E-state index in [4.69, 9.17) is 4.52 Å². The van der Waals surface area contributed by atoms with Crippen molar-refractivity contribution in [2.75, 3.05) is 6.54 Å². The number of carbonyl (C=O) groups excluding carboxylic acids is 2. The number of likely N-dealkylation sites (tertiary alicyclic amines) is 1. The van der Waals surface area contributed by atoms with E-state index >= 15 is 0 Å². The lowest BCUT2D eigenvalue weighted by molar-refractivity contribution is -0.150. The van der Waals surface area contributed by atoms with Crippen molar-refractivity contribution in [2.24, 2.45) is 0 Å². The summed E-state index contributed by atoms with van der Waals surface area (Å²) in [4.78, 5) is 38.1. The summed E-state index contributed by atoms with van der Waals surface area (Å²) in [5.74, 6) is -2.78. The lowest BCUT2D eigenvalue weighted by Gasteiger charge is -2.23. The van der Waals surface area contributed by atoms with E-state index in [1.54, 1.807) is 30.3 Å². The predicted octanol–water partition coefficient (Wildman–Crippen LogP) is 3.60. The molecule has 2 aromatic rings. The Balaban J connectivity index is 1.68. The molecule has 3 rings (SSSR count). The zero-order valence-corrected chi connectivity index (χ0v) is 19.3. The summed E-state index contributed by atoms with van der Waals surface area (Å²) < 4.78 is 18.7. The number of carboxylic acids is 1. The molecule has 0 aliphatic carbocycles. The van der Waals surface area contributed by atoms with E-state index in [-0.39, 0.29) is 5.91 Å². The third-order valence-corrected chi connectivity index (χ3v) is 6.99. The minimum absolute atomic E-state index is 0.322. The van der Waals surface area contributed by atoms with Gasteiger partial charge < -0.3 is 15.3 Å². The van der Waals surface area contributed by atoms with E-state index in [1.807, 2.05) is 30.3 Å². The highest BCUT2D eigenvalue weighted by Gasteiger charge is 2.42. The molecule has 2 amide bonds. The first kappa shape index (κ1) is 24.6. The maximum Gasteiger partial charge on any atom is 0.534 e. The lowest BCUT2D eigenvalue weighted by Crippen LogP contribution is -2.45. The molecule has 8 nitrogen and oxygen atoms in total. The SMILES string of the molecule is C[C@H](O[P+](=O)C(CCc1ccccc1)NC(=O)c1ccccc1)C(=O)N1CCC[C@H]1C(=O)O. The lowest BCUT2D eigenvalue weighted by atomic mass is 10.1. The molecule has 4 atom stereocenters. The van der Waals surface area contributed by atoms with Gasteiger partial charge in [0.05, 0.1) is 0 Å². The van der Waals surface area contributed by atoms with Crippen LogP contribution in [0.2, 0.25) is 0 Å². The molecule has 2 N–H and O–H groups in total. The second kappa shape index (κ2) is 11.7. The smallest absolute Gasteiger partial charge is 0.480 e. The molecular formula is C24H28N2O6P+. The molecule has 9 heteroatoms. The molecule has 1 aliphatic heterocycles. The standard InChI is InChI=1S/C24H27N2O6P/c1-17(23(28)26-16-8-13-20(26)24(29)30)32-33(31)21(15-14-18-9-4-2-5-10-18)25-22(27)19-11-6-3-7-12-19/h2-7,9-12,17,20-21H,8,13-16H2,1H3,(H-,25,27,29,30)/p+1/t17-,20-,21?/m0/s1. The number of hydrogen-bond acceptors (Lipinski definition) is 5. The van der Waals surface area contributed by atoms with E-state index in [2.05, 4.69) is 5.32 Å². The molecule has 33 heavy (non-hydrogen) atoms. The van der Waals surface area contributed by atoms with Crippen LogP contribution < -0.4 is 5.32 Å². The first-order valence-electron chi connectivity index (χ1n) is 10.9. The molecular weight excluding hydrogens is 443 g/mol. The number of carbonyl (C=O) groups is 3. The Morgan fingerprint density at radius 3 is 2.39 bits per heavy atom. The van der Waals surface area contributed by atoms with Crippen LogP contribution in [0.5, 0.6) is 0 Å². The first-order chi connectivity index (χ1) is 15.9. The molecule has 0 aromatic heterocycles. The van der Waals surface area contributed by atoms with Crippen molar-refractivity contribution in [3.05, 3.63) is 71.8 Å². The van der Waals surface area contributed by atoms with Gasteiger partial charge in [-0.15, -0.1) is 4.52 Å². The number of aliphatic carboxylic acids is 1. The van der Waals surface area contributed by atoms with Crippen LogP contribution in [0.25, 0.3) is 0 Å². The summed E-state index contributed by atoms with van der Waals surface area (Å²) in [6.45, 7) is 1.78. The van der Waals surface area contributed by atoms with Gasteiger partial charge >= 0.3 is 14.0 Å². The second-order valence-corrected chi connectivity index (χ2v) is 9.35. The number of benzene rings is 2. The van der Waals surface area contributed by atoms with Crippen molar-refractivity contribution in [1.82, 2.24) is 10.2 Å². The van der Waals surface area contributed by atoms with Gasteiger partial charge in [0, 0.05) is 18.5 Å². The van der Waals surface area contributed by atoms with Gasteiger partial charge in [-0.1, -0.05) is 48.5 Å². The minimum atomic E-state index is -2.46. The van der Waals surface area contributed by atoms with Crippen molar-refractivity contribution >= 4 is 25.8 Å². The zero-order valence-electron chi connectivity index (χ0n) is 18.4. The Bertz CT molecular complexity index is 985. The topological polar surface area (TPSA) is 113 Å². The highest BCUT2D eigenvalue weighted by molar-refractivity contribution is 7.40. The number of amides is 2. The number of carboxylic acid groups (broad SMARTS) is 1. The number of nitrogens with zero attached hydrogens (tertiary/aromatic N) is 1. The van der Waals surface area contributed by atoms with Gasteiger partial charge in [0.2, 0.25) is 0 Å². The number of rotatable bonds is 10. The van der Waals surface area contributed by atoms with Crippen LogP contribution >= 0.6 is 8.03 Å². The summed E-state index contributed by atoms with van der Waals surface area (Å²) in [7, 11) is -2.46. The molecule has 174 valence electrons. The van der Waals surface area contributed by atoms with Gasteiger partial charge in [-0.05, 0) is 48.4 Å². The third-order valence-electron chi connectivity index (χ3n) is 5.57. The normalized spacial score (nSPS) is 17.8. The van der Waals surface area contributed by atoms with Gasteiger partial charge in [0.25, 0.3) is 17.6 Å². The molecule has 0 radical (unpaired) electrons. The van der Waals surface area contributed by atoms with Crippen LogP contribution in [0.3, 0.4) is 0 Å². The Kier molecular flexibility index (Phi) is 8.69. The first-order valence-corrected chi connectivity index (χ1v) is 12.2. The highest BCUT2D eigenvalue weighted by atomic mass is 31.1. The van der Waals surface area contributed by atoms with Crippen LogP contribution in [-0.2, 0) is 25.1 Å². The second-order valence-electron chi connectivity index (χ2n) is 7.94. The van der Waals surface area contributed by atoms with E-state index in [0.717, 1.165) is 5.56 Å². The monoisotopic (exact) mass is 471 g/mol. The Hall–Kier alpha value is -3.09. The van der Waals surface area contributed by atoms with Gasteiger partial charge in [-0.25, -0.2) is 4.79 Å². The zero-order chi connectivity index (χ0) is 23.8. The summed E-state index contributed by atoms with van der Waals surface area (Å²) in [6.07, 6.45) is 0.781. The van der Waals surface area contributed by atoms with Gasteiger partial charge in [-0.2, -0.15) is 0 Å². The maximum absolute atomic E-state index is 13.1. The number of hydrogen-bond donors (Lipinski definition) is 2. The summed E-state index contributed by atoms with van der Waals surface area (Å²) in [6, 6.07) is 17.3. The van der Waals surface area contributed by atoms with Crippen LogP contribution in [0.15, 0.2) is 60.7 Å². The van der Waals surface area contributed by atoms with Gasteiger partial charge in [0.1, 0.15) is 6.04 Å². The fraction of sp³-hybridized carbons (Fsp3) is 0.375. The Morgan fingerprint density at radius 2 is 1.76 bits per heavy atom. The summed E-state index contributed by atoms with van der Waals surface area (Å²) in [5.41, 5.74) is 1.45. The van der Waals surface area contributed by atoms with Crippen LogP contribution in [-0.4, -0.2) is 52.3 Å². The van der Waals surface area contributed by atoms with E-state index < -0.39 is 37.8 Å². The molecule has 1 fully saturated rings. The summed E-state index contributed by atoms with van der Waals surface area (Å²) >= 11 is 0. The number of nitrogens with one attached hydrogen (secondary N) is 1. The van der Waals surface area contributed by atoms with E-state index in [9.17, 15) is 24.1 Å². The van der Waals surface area contributed by atoms with Crippen LogP contribution in [0.4, 0.5) is 0 Å². The Morgan fingerprint density at radius 1 is 1.12 bits per heavy atom. The minimum Gasteiger partial charge on any atom is -0.480 e. The van der Waals surface area contributed by atoms with Crippen LogP contribution in [0.1, 0.15) is 42.1 Å². The fourth-order valence-electron chi connectivity index (χ4n) is 3.80. The van der Waals surface area contributed by atoms with Crippen molar-refractivity contribution in [2.45, 2.75) is 50.5 Å².